The molecule has 0 radical (unpaired) electrons. The Morgan fingerprint density at radius 2 is 2.33 bits per heavy atom. The highest BCUT2D eigenvalue weighted by Crippen LogP contribution is 2.24. The van der Waals surface area contributed by atoms with Crippen molar-refractivity contribution in [3.05, 3.63) is 11.1 Å². The van der Waals surface area contributed by atoms with Crippen LogP contribution in [0.3, 0.4) is 0 Å². The van der Waals surface area contributed by atoms with Gasteiger partial charge in [0.15, 0.2) is 10.4 Å². The molecule has 0 aromatic carbocycles. The summed E-state index contributed by atoms with van der Waals surface area (Å²) in [5.74, 6) is 1.62. The number of imidazole rings is 1. The molecule has 0 aliphatic rings. The van der Waals surface area contributed by atoms with Gasteiger partial charge < -0.3 is 9.72 Å². The second kappa shape index (κ2) is 5.71. The van der Waals surface area contributed by atoms with Crippen molar-refractivity contribution < 1.29 is 4.74 Å². The largest absolute Gasteiger partial charge is 0.479 e. The van der Waals surface area contributed by atoms with Crippen LogP contribution >= 0.6 is 24.0 Å². The summed E-state index contributed by atoms with van der Waals surface area (Å²) in [7, 11) is 1.59. The highest BCUT2D eigenvalue weighted by atomic mass is 32.2. The molecule has 0 aliphatic heterocycles. The van der Waals surface area contributed by atoms with Gasteiger partial charge in [-0.2, -0.15) is 16.7 Å². The van der Waals surface area contributed by atoms with Gasteiger partial charge in [-0.15, -0.1) is 0 Å². The van der Waals surface area contributed by atoms with Gasteiger partial charge in [-0.3, -0.25) is 4.57 Å². The van der Waals surface area contributed by atoms with Crippen molar-refractivity contribution in [2.24, 2.45) is 0 Å². The predicted molar refractivity (Wildman–Crippen MR) is 77.0 cm³/mol. The molecule has 1 N–H and O–H groups in total. The standard InChI is InChI=1S/C11H16N4OS2/c1-7(4-5-18-3)15-9-8(14-11(15)17)10(16-2)13-6-12-9/h6-7H,4-5H2,1-3H3,(H,14,17). The van der Waals surface area contributed by atoms with Crippen molar-refractivity contribution in [1.29, 1.82) is 0 Å². The van der Waals surface area contributed by atoms with Gasteiger partial charge >= 0.3 is 0 Å². The Hall–Kier alpha value is -1.08. The fraction of sp³-hybridized carbons (Fsp3) is 0.545. The number of fused-ring (bicyclic) bond motifs is 1. The normalized spacial score (nSPS) is 12.8. The first-order valence-corrected chi connectivity index (χ1v) is 7.47. The molecule has 0 amide bonds. The molecule has 0 saturated heterocycles. The van der Waals surface area contributed by atoms with Gasteiger partial charge in [0.25, 0.3) is 0 Å². The maximum absolute atomic E-state index is 5.36. The molecular formula is C11H16N4OS2. The van der Waals surface area contributed by atoms with Crippen LogP contribution < -0.4 is 4.74 Å². The van der Waals surface area contributed by atoms with Gasteiger partial charge in [-0.1, -0.05) is 0 Å². The number of ether oxygens (including phenoxy) is 1. The van der Waals surface area contributed by atoms with E-state index in [0.29, 0.717) is 16.7 Å². The molecule has 5 nitrogen and oxygen atoms in total. The number of H-pyrrole nitrogens is 1. The molecule has 0 bridgehead atoms. The number of thioether (sulfide) groups is 1. The average molecular weight is 284 g/mol. The molecule has 98 valence electrons. The number of methoxy groups -OCH3 is 1. The third-order valence-corrected chi connectivity index (χ3v) is 3.79. The van der Waals surface area contributed by atoms with Gasteiger partial charge in [-0.25, -0.2) is 4.98 Å². The molecule has 0 aliphatic carbocycles. The SMILES string of the molecule is COc1ncnc2c1[nH]c(=S)n2C(C)CCSC. The number of aromatic nitrogens is 4. The molecule has 7 heteroatoms. The Morgan fingerprint density at radius 3 is 3.00 bits per heavy atom. The molecular weight excluding hydrogens is 268 g/mol. The molecule has 2 aromatic rings. The predicted octanol–water partition coefficient (Wildman–Crippen LogP) is 2.81. The summed E-state index contributed by atoms with van der Waals surface area (Å²) in [6.45, 7) is 2.15. The van der Waals surface area contributed by atoms with Crippen molar-refractivity contribution >= 4 is 35.1 Å². The third-order valence-electron chi connectivity index (χ3n) is 2.85. The first-order valence-electron chi connectivity index (χ1n) is 5.67. The summed E-state index contributed by atoms with van der Waals surface area (Å²) < 4.78 is 7.91. The number of hydrogen-bond donors (Lipinski definition) is 1. The van der Waals surface area contributed by atoms with Crippen LogP contribution in [0.1, 0.15) is 19.4 Å². The van der Waals surface area contributed by atoms with E-state index < -0.39 is 0 Å². The summed E-state index contributed by atoms with van der Waals surface area (Å²) >= 11 is 7.20. The van der Waals surface area contributed by atoms with Crippen molar-refractivity contribution in [3.63, 3.8) is 0 Å². The van der Waals surface area contributed by atoms with Crippen molar-refractivity contribution in [1.82, 2.24) is 19.5 Å². The number of hydrogen-bond acceptors (Lipinski definition) is 5. The zero-order valence-electron chi connectivity index (χ0n) is 10.6. The fourth-order valence-corrected chi connectivity index (χ4v) is 2.84. The Kier molecular flexibility index (Phi) is 4.23. The van der Waals surface area contributed by atoms with E-state index in [-0.39, 0.29) is 0 Å². The Balaban J connectivity index is 2.51. The van der Waals surface area contributed by atoms with E-state index >= 15 is 0 Å². The van der Waals surface area contributed by atoms with Crippen LogP contribution in [-0.4, -0.2) is 38.6 Å². The molecule has 2 rings (SSSR count). The smallest absolute Gasteiger partial charge is 0.242 e. The van der Waals surface area contributed by atoms with Crippen LogP contribution in [0, 0.1) is 4.77 Å². The van der Waals surface area contributed by atoms with Gasteiger partial charge in [0, 0.05) is 6.04 Å². The Bertz CT molecular complexity index is 592. The van der Waals surface area contributed by atoms with E-state index in [9.17, 15) is 0 Å². The van der Waals surface area contributed by atoms with Crippen LogP contribution in [0.25, 0.3) is 11.2 Å². The molecule has 1 unspecified atom stereocenters. The molecule has 0 saturated carbocycles. The van der Waals surface area contributed by atoms with Crippen molar-refractivity contribution in [2.45, 2.75) is 19.4 Å². The summed E-state index contributed by atoms with van der Waals surface area (Å²) in [5.41, 5.74) is 1.57. The zero-order chi connectivity index (χ0) is 13.1. The molecule has 18 heavy (non-hydrogen) atoms. The second-order valence-electron chi connectivity index (χ2n) is 4.01. The topological polar surface area (TPSA) is 55.7 Å². The lowest BCUT2D eigenvalue weighted by molar-refractivity contribution is 0.401. The molecule has 0 fully saturated rings. The summed E-state index contributed by atoms with van der Waals surface area (Å²) in [4.78, 5) is 11.5. The summed E-state index contributed by atoms with van der Waals surface area (Å²) in [6.07, 6.45) is 4.66. The van der Waals surface area contributed by atoms with Crippen molar-refractivity contribution in [2.75, 3.05) is 19.1 Å². The highest BCUT2D eigenvalue weighted by molar-refractivity contribution is 7.98. The Labute approximate surface area is 115 Å². The van der Waals surface area contributed by atoms with E-state index in [1.54, 1.807) is 7.11 Å². The number of aromatic amines is 1. The lowest BCUT2D eigenvalue weighted by Gasteiger charge is -2.13. The first kappa shape index (κ1) is 13.4. The highest BCUT2D eigenvalue weighted by Gasteiger charge is 2.15. The fourth-order valence-electron chi connectivity index (χ4n) is 1.90. The minimum Gasteiger partial charge on any atom is -0.479 e. The average Bonchev–Trinajstić information content (AvgIpc) is 2.71. The lowest BCUT2D eigenvalue weighted by atomic mass is 10.2. The summed E-state index contributed by atoms with van der Waals surface area (Å²) in [5, 5.41) is 0. The molecule has 2 heterocycles. The zero-order valence-corrected chi connectivity index (χ0v) is 12.3. The van der Waals surface area contributed by atoms with E-state index in [1.165, 1.54) is 6.33 Å². The van der Waals surface area contributed by atoms with Gasteiger partial charge in [0.1, 0.15) is 11.8 Å². The third kappa shape index (κ3) is 2.37. The second-order valence-corrected chi connectivity index (χ2v) is 5.38. The van der Waals surface area contributed by atoms with Crippen molar-refractivity contribution in [3.8, 4) is 5.88 Å². The minimum atomic E-state index is 0.304. The van der Waals surface area contributed by atoms with Crippen LogP contribution in [0.15, 0.2) is 6.33 Å². The van der Waals surface area contributed by atoms with E-state index in [0.717, 1.165) is 23.3 Å². The molecule has 2 aromatic heterocycles. The van der Waals surface area contributed by atoms with Crippen LogP contribution in [0.4, 0.5) is 0 Å². The molecule has 1 atom stereocenters. The number of nitrogens with zero attached hydrogens (tertiary/aromatic N) is 3. The van der Waals surface area contributed by atoms with Crippen LogP contribution in [0.5, 0.6) is 5.88 Å². The van der Waals surface area contributed by atoms with Gasteiger partial charge in [-0.05, 0) is 37.6 Å². The van der Waals surface area contributed by atoms with Crippen LogP contribution in [-0.2, 0) is 0 Å². The van der Waals surface area contributed by atoms with E-state index in [4.69, 9.17) is 17.0 Å². The molecule has 0 spiro atoms. The van der Waals surface area contributed by atoms with Gasteiger partial charge in [0.05, 0.1) is 7.11 Å². The number of rotatable bonds is 5. The van der Waals surface area contributed by atoms with E-state index in [2.05, 4.69) is 28.1 Å². The quantitative estimate of drug-likeness (QED) is 0.856. The maximum Gasteiger partial charge on any atom is 0.242 e. The monoisotopic (exact) mass is 284 g/mol. The number of nitrogens with one attached hydrogen (secondary N) is 1. The minimum absolute atomic E-state index is 0.304. The maximum atomic E-state index is 5.36. The summed E-state index contributed by atoms with van der Waals surface area (Å²) in [6, 6.07) is 0.304. The first-order chi connectivity index (χ1) is 8.69. The van der Waals surface area contributed by atoms with Crippen LogP contribution in [0.2, 0.25) is 0 Å². The van der Waals surface area contributed by atoms with Gasteiger partial charge in [0.2, 0.25) is 5.88 Å². The lowest BCUT2D eigenvalue weighted by Crippen LogP contribution is -2.07. The Morgan fingerprint density at radius 1 is 1.56 bits per heavy atom. The van der Waals surface area contributed by atoms with E-state index in [1.807, 2.05) is 16.3 Å².